The third-order valence-corrected chi connectivity index (χ3v) is 5.04. The molecule has 2 saturated carbocycles. The molecule has 0 saturated heterocycles. The minimum atomic E-state index is -2.89. The first-order chi connectivity index (χ1) is 12.0. The van der Waals surface area contributed by atoms with Crippen molar-refractivity contribution in [3.63, 3.8) is 0 Å². The van der Waals surface area contributed by atoms with Crippen molar-refractivity contribution in [3.05, 3.63) is 24.3 Å². The van der Waals surface area contributed by atoms with Crippen molar-refractivity contribution >= 4 is 17.6 Å². The van der Waals surface area contributed by atoms with E-state index in [1.54, 1.807) is 0 Å². The molecule has 0 radical (unpaired) electrons. The van der Waals surface area contributed by atoms with Crippen molar-refractivity contribution in [1.29, 1.82) is 0 Å². The van der Waals surface area contributed by atoms with Gasteiger partial charge in [0, 0.05) is 12.1 Å². The maximum absolute atomic E-state index is 12.1. The van der Waals surface area contributed by atoms with Crippen LogP contribution in [0, 0.1) is 17.8 Å². The zero-order valence-corrected chi connectivity index (χ0v) is 13.8. The number of amides is 1. The Balaban J connectivity index is 1.38. The monoisotopic (exact) mass is 353 g/mol. The molecule has 0 unspecified atom stereocenters. The fraction of sp³-hybridized carbons (Fsp3) is 0.556. The summed E-state index contributed by atoms with van der Waals surface area (Å²) < 4.78 is 33.4. The van der Waals surface area contributed by atoms with Crippen LogP contribution in [0.25, 0.3) is 0 Å². The van der Waals surface area contributed by atoms with Crippen molar-refractivity contribution < 1.29 is 27.8 Å². The van der Waals surface area contributed by atoms with Crippen LogP contribution in [0.1, 0.15) is 32.1 Å². The van der Waals surface area contributed by atoms with Crippen LogP contribution in [0.15, 0.2) is 24.3 Å². The van der Waals surface area contributed by atoms with Crippen LogP contribution in [-0.2, 0) is 14.3 Å². The molecule has 1 aromatic carbocycles. The molecule has 0 spiro atoms. The molecule has 5 nitrogen and oxygen atoms in total. The second kappa shape index (κ2) is 7.80. The van der Waals surface area contributed by atoms with E-state index in [1.165, 1.54) is 43.5 Å². The Bertz CT molecular complexity index is 620. The fourth-order valence-electron chi connectivity index (χ4n) is 3.96. The number of rotatable bonds is 7. The number of hydrogen-bond donors (Lipinski definition) is 1. The number of nitrogens with one attached hydrogen (secondary N) is 1. The summed E-state index contributed by atoms with van der Waals surface area (Å²) in [6.45, 7) is -3.25. The summed E-state index contributed by atoms with van der Waals surface area (Å²) in [5.41, 5.74) is 0.413. The van der Waals surface area contributed by atoms with Crippen LogP contribution in [0.2, 0.25) is 0 Å². The molecule has 1 N–H and O–H groups in total. The molecule has 3 atom stereocenters. The van der Waals surface area contributed by atoms with Gasteiger partial charge < -0.3 is 14.8 Å². The third kappa shape index (κ3) is 4.90. The summed E-state index contributed by atoms with van der Waals surface area (Å²) in [7, 11) is 0. The molecule has 1 aromatic rings. The first-order valence-corrected chi connectivity index (χ1v) is 8.50. The molecule has 25 heavy (non-hydrogen) atoms. The van der Waals surface area contributed by atoms with Gasteiger partial charge in [0.2, 0.25) is 0 Å². The molecule has 0 heterocycles. The molecule has 2 aliphatic rings. The number of benzene rings is 1. The predicted octanol–water partition coefficient (Wildman–Crippen LogP) is 3.60. The summed E-state index contributed by atoms with van der Waals surface area (Å²) in [6.07, 6.45) is 5.19. The van der Waals surface area contributed by atoms with Crippen LogP contribution >= 0.6 is 0 Å². The number of fused-ring (bicyclic) bond motifs is 2. The molecule has 2 fully saturated rings. The Morgan fingerprint density at radius 3 is 2.52 bits per heavy atom. The SMILES string of the molecule is O=C(COC(=O)C[C@H]1C[C@@H]2CC[C@@H]1C2)Nc1ccc(OC(F)F)cc1. The summed E-state index contributed by atoms with van der Waals surface area (Å²) in [5.74, 6) is 1.00. The van der Waals surface area contributed by atoms with Crippen LogP contribution in [0.4, 0.5) is 14.5 Å². The molecule has 136 valence electrons. The van der Waals surface area contributed by atoms with E-state index in [4.69, 9.17) is 4.74 Å². The molecule has 0 aromatic heterocycles. The maximum atomic E-state index is 12.1. The van der Waals surface area contributed by atoms with Crippen molar-refractivity contribution in [2.75, 3.05) is 11.9 Å². The van der Waals surface area contributed by atoms with E-state index < -0.39 is 12.5 Å². The van der Waals surface area contributed by atoms with Crippen molar-refractivity contribution in [2.24, 2.45) is 17.8 Å². The van der Waals surface area contributed by atoms with Gasteiger partial charge in [-0.15, -0.1) is 0 Å². The molecule has 7 heteroatoms. The number of ether oxygens (including phenoxy) is 2. The van der Waals surface area contributed by atoms with Crippen LogP contribution in [0.3, 0.4) is 0 Å². The molecule has 0 aliphatic heterocycles. The van der Waals surface area contributed by atoms with Gasteiger partial charge in [0.15, 0.2) is 6.61 Å². The van der Waals surface area contributed by atoms with Crippen LogP contribution in [-0.4, -0.2) is 25.1 Å². The molecular formula is C18H21F2NO4. The predicted molar refractivity (Wildman–Crippen MR) is 86.2 cm³/mol. The molecular weight excluding hydrogens is 332 g/mol. The average molecular weight is 353 g/mol. The normalized spacial score (nSPS) is 24.4. The molecule has 3 rings (SSSR count). The quantitative estimate of drug-likeness (QED) is 0.761. The van der Waals surface area contributed by atoms with E-state index >= 15 is 0 Å². The van der Waals surface area contributed by atoms with Gasteiger partial charge in [-0.05, 0) is 61.3 Å². The number of esters is 1. The van der Waals surface area contributed by atoms with E-state index in [1.807, 2.05) is 0 Å². The largest absolute Gasteiger partial charge is 0.456 e. The Morgan fingerprint density at radius 1 is 1.16 bits per heavy atom. The Hall–Kier alpha value is -2.18. The molecule has 2 bridgehead atoms. The van der Waals surface area contributed by atoms with Crippen LogP contribution < -0.4 is 10.1 Å². The van der Waals surface area contributed by atoms with Gasteiger partial charge in [-0.1, -0.05) is 6.42 Å². The highest BCUT2D eigenvalue weighted by Gasteiger charge is 2.40. The number of carbonyl (C=O) groups excluding carboxylic acids is 2. The average Bonchev–Trinajstić information content (AvgIpc) is 3.17. The standard InChI is InChI=1S/C18H21F2NO4/c19-18(20)25-15-5-3-14(4-6-15)21-16(22)10-24-17(23)9-13-8-11-1-2-12(13)7-11/h3-6,11-13,18H,1-2,7-10H2,(H,21,22)/t11-,12-,13-/m1/s1. The number of hydrogen-bond acceptors (Lipinski definition) is 4. The van der Waals surface area contributed by atoms with E-state index in [-0.39, 0.29) is 18.3 Å². The third-order valence-electron chi connectivity index (χ3n) is 5.04. The van der Waals surface area contributed by atoms with Gasteiger partial charge in [-0.3, -0.25) is 9.59 Å². The lowest BCUT2D eigenvalue weighted by molar-refractivity contribution is -0.148. The topological polar surface area (TPSA) is 64.6 Å². The van der Waals surface area contributed by atoms with E-state index in [0.717, 1.165) is 12.3 Å². The second-order valence-corrected chi connectivity index (χ2v) is 6.75. The summed E-state index contributed by atoms with van der Waals surface area (Å²) in [4.78, 5) is 23.7. The minimum absolute atomic E-state index is 0.00490. The summed E-state index contributed by atoms with van der Waals surface area (Å²) in [5, 5.41) is 2.54. The first-order valence-electron chi connectivity index (χ1n) is 8.50. The van der Waals surface area contributed by atoms with Gasteiger partial charge in [-0.2, -0.15) is 8.78 Å². The zero-order valence-electron chi connectivity index (χ0n) is 13.8. The van der Waals surface area contributed by atoms with E-state index in [9.17, 15) is 18.4 Å². The second-order valence-electron chi connectivity index (χ2n) is 6.75. The van der Waals surface area contributed by atoms with E-state index in [0.29, 0.717) is 23.9 Å². The Kier molecular flexibility index (Phi) is 5.50. The van der Waals surface area contributed by atoms with Crippen molar-refractivity contribution in [2.45, 2.75) is 38.7 Å². The maximum Gasteiger partial charge on any atom is 0.387 e. The Labute approximate surface area is 144 Å². The Morgan fingerprint density at radius 2 is 1.92 bits per heavy atom. The smallest absolute Gasteiger partial charge is 0.387 e. The highest BCUT2D eigenvalue weighted by atomic mass is 19.3. The lowest BCUT2D eigenvalue weighted by Gasteiger charge is -2.20. The number of halogens is 2. The summed E-state index contributed by atoms with van der Waals surface area (Å²) >= 11 is 0. The zero-order chi connectivity index (χ0) is 17.8. The van der Waals surface area contributed by atoms with Crippen LogP contribution in [0.5, 0.6) is 5.75 Å². The van der Waals surface area contributed by atoms with Gasteiger partial charge >= 0.3 is 12.6 Å². The number of alkyl halides is 2. The fourth-order valence-corrected chi connectivity index (χ4v) is 3.96. The number of anilines is 1. The lowest BCUT2D eigenvalue weighted by Crippen LogP contribution is -2.23. The van der Waals surface area contributed by atoms with Gasteiger partial charge in [-0.25, -0.2) is 0 Å². The van der Waals surface area contributed by atoms with Gasteiger partial charge in [0.05, 0.1) is 0 Å². The lowest BCUT2D eigenvalue weighted by atomic mass is 9.86. The van der Waals surface area contributed by atoms with Crippen molar-refractivity contribution in [1.82, 2.24) is 0 Å². The molecule has 1 amide bonds. The van der Waals surface area contributed by atoms with Gasteiger partial charge in [0.1, 0.15) is 5.75 Å². The summed E-state index contributed by atoms with van der Waals surface area (Å²) in [6, 6.07) is 5.52. The van der Waals surface area contributed by atoms with Gasteiger partial charge in [0.25, 0.3) is 5.91 Å². The highest BCUT2D eigenvalue weighted by molar-refractivity contribution is 5.92. The number of carbonyl (C=O) groups is 2. The first kappa shape index (κ1) is 17.6. The van der Waals surface area contributed by atoms with Crippen molar-refractivity contribution in [3.8, 4) is 5.75 Å². The highest BCUT2D eigenvalue weighted by Crippen LogP contribution is 2.49. The van der Waals surface area contributed by atoms with E-state index in [2.05, 4.69) is 10.1 Å². The molecule has 2 aliphatic carbocycles. The minimum Gasteiger partial charge on any atom is -0.456 e.